The molecule has 1 saturated heterocycles. The van der Waals surface area contributed by atoms with Crippen molar-refractivity contribution < 1.29 is 53.0 Å². The van der Waals surface area contributed by atoms with E-state index >= 15 is 0 Å². The van der Waals surface area contributed by atoms with Gasteiger partial charge in [-0.3, -0.25) is 19.3 Å². The fourth-order valence-electron chi connectivity index (χ4n) is 3.31. The van der Waals surface area contributed by atoms with Gasteiger partial charge in [-0.2, -0.15) is 0 Å². The number of rotatable bonds is 8. The van der Waals surface area contributed by atoms with Gasteiger partial charge in [-0.1, -0.05) is 16.9 Å². The number of hydrogen-bond donors (Lipinski definition) is 3. The Morgan fingerprint density at radius 2 is 2.19 bits per heavy atom. The first-order valence-electron chi connectivity index (χ1n) is 9.55. The van der Waals surface area contributed by atoms with Crippen molar-refractivity contribution in [1.82, 2.24) is 15.2 Å². The molecule has 0 saturated carbocycles. The van der Waals surface area contributed by atoms with Crippen LogP contribution >= 0.6 is 47.3 Å². The summed E-state index contributed by atoms with van der Waals surface area (Å²) in [4.78, 5) is 59.6. The van der Waals surface area contributed by atoms with Crippen LogP contribution in [0, 0.1) is 0 Å². The Bertz CT molecular complexity index is 1220. The Labute approximate surface area is 235 Å². The number of oxime groups is 1. The van der Waals surface area contributed by atoms with Crippen LogP contribution in [0.3, 0.4) is 0 Å². The van der Waals surface area contributed by atoms with Gasteiger partial charge in [-0.25, -0.2) is 9.78 Å². The predicted molar refractivity (Wildman–Crippen MR) is 133 cm³/mol. The normalized spacial score (nSPS) is 18.9. The van der Waals surface area contributed by atoms with Gasteiger partial charge in [-0.15, -0.1) is 35.5 Å². The molecule has 0 spiro atoms. The van der Waals surface area contributed by atoms with Crippen LogP contribution in [0.2, 0.25) is 0 Å². The summed E-state index contributed by atoms with van der Waals surface area (Å²) in [6.45, 7) is 0. The van der Waals surface area contributed by atoms with Gasteiger partial charge in [0.25, 0.3) is 16.9 Å². The van der Waals surface area contributed by atoms with Crippen LogP contribution < -0.4 is 11.1 Å². The number of anilines is 1. The van der Waals surface area contributed by atoms with Gasteiger partial charge in [-0.05, 0) is 17.7 Å². The molecule has 17 heteroatoms. The number of carbonyl (C=O) groups is 4. The summed E-state index contributed by atoms with van der Waals surface area (Å²) >= 11 is 3.29. The molecule has 2 aromatic rings. The van der Waals surface area contributed by atoms with Crippen LogP contribution in [0.5, 0.6) is 0 Å². The number of aliphatic carboxylic acids is 1. The van der Waals surface area contributed by atoms with Crippen molar-refractivity contribution in [2.24, 2.45) is 5.16 Å². The second-order valence-corrected chi connectivity index (χ2v) is 9.81. The molecule has 0 bridgehead atoms. The second-order valence-electron chi connectivity index (χ2n) is 6.87. The zero-order valence-electron chi connectivity index (χ0n) is 18.5. The number of carboxylic acids is 1. The van der Waals surface area contributed by atoms with Gasteiger partial charge in [0, 0.05) is 36.4 Å². The number of furan rings is 1. The first-order chi connectivity index (χ1) is 16.3. The maximum Gasteiger partial charge on any atom is 0.352 e. The van der Waals surface area contributed by atoms with Crippen molar-refractivity contribution in [1.29, 1.82) is 0 Å². The molecule has 2 aliphatic rings. The molecule has 1 fully saturated rings. The molecular formula is C19H18ClN5O7S3Zn. The zero-order valence-corrected chi connectivity index (χ0v) is 24.8. The van der Waals surface area contributed by atoms with Gasteiger partial charge in [0.05, 0.1) is 6.26 Å². The third-order valence-electron chi connectivity index (χ3n) is 4.80. The number of halogens is 1. The monoisotopic (exact) mass is 623 g/mol. The van der Waals surface area contributed by atoms with Gasteiger partial charge in [0.1, 0.15) is 29.9 Å². The van der Waals surface area contributed by atoms with E-state index in [1.54, 1.807) is 6.07 Å². The molecule has 0 radical (unpaired) electrons. The molecule has 2 aromatic heterocycles. The van der Waals surface area contributed by atoms with E-state index in [1.165, 1.54) is 36.6 Å². The average Bonchev–Trinajstić information content (AvgIpc) is 3.50. The summed E-state index contributed by atoms with van der Waals surface area (Å²) in [7, 11) is 1.26. The third kappa shape index (κ3) is 5.94. The number of thiazole rings is 1. The van der Waals surface area contributed by atoms with Crippen LogP contribution in [-0.2, 0) is 38.7 Å². The number of β-lactam (4-membered cyclic amide) rings is 1. The van der Waals surface area contributed by atoms with Gasteiger partial charge in [0.2, 0.25) is 0 Å². The van der Waals surface area contributed by atoms with Crippen LogP contribution in [0.4, 0.5) is 5.13 Å². The topological polar surface area (TPSA) is 177 Å². The Kier molecular flexibility index (Phi) is 10.5. The number of fused-ring (bicyclic) bond motifs is 1. The predicted octanol–water partition coefficient (Wildman–Crippen LogP) is 1.40. The van der Waals surface area contributed by atoms with Crippen LogP contribution in [0.25, 0.3) is 0 Å². The van der Waals surface area contributed by atoms with E-state index in [0.717, 1.165) is 28.0 Å². The summed E-state index contributed by atoms with van der Waals surface area (Å²) in [6.07, 6.45) is 1.37. The number of carboxylic acid groups (broad SMARTS) is 1. The fraction of sp³-hybridized carbons (Fsp3) is 0.263. The molecule has 36 heavy (non-hydrogen) atoms. The molecule has 0 aliphatic carbocycles. The summed E-state index contributed by atoms with van der Waals surface area (Å²) < 4.78 is 5.05. The first kappa shape index (κ1) is 29.8. The molecule has 2 aliphatic heterocycles. The van der Waals surface area contributed by atoms with Crippen molar-refractivity contribution in [3.8, 4) is 0 Å². The van der Waals surface area contributed by atoms with Crippen LogP contribution in [-0.4, -0.2) is 73.6 Å². The number of hydrogen-bond acceptors (Lipinski definition) is 12. The second kappa shape index (κ2) is 12.7. The number of thioether (sulfide) groups is 2. The van der Waals surface area contributed by atoms with E-state index < -0.39 is 29.2 Å². The third-order valence-corrected chi connectivity index (χ3v) is 7.77. The van der Waals surface area contributed by atoms with Crippen LogP contribution in [0.15, 0.2) is 44.6 Å². The van der Waals surface area contributed by atoms with E-state index in [4.69, 9.17) is 15.0 Å². The van der Waals surface area contributed by atoms with Crippen LogP contribution in [0.1, 0.15) is 16.2 Å². The first-order valence-corrected chi connectivity index (χ1v) is 12.5. The largest absolute Gasteiger partial charge is 0.477 e. The molecule has 4 rings (SSSR count). The van der Waals surface area contributed by atoms with E-state index in [9.17, 15) is 24.3 Å². The summed E-state index contributed by atoms with van der Waals surface area (Å²) in [6, 6.07) is 2.13. The Morgan fingerprint density at radius 3 is 2.78 bits per heavy atom. The zero-order chi connectivity index (χ0) is 24.4. The van der Waals surface area contributed by atoms with Crippen molar-refractivity contribution in [3.63, 3.8) is 0 Å². The molecule has 2 amide bonds. The van der Waals surface area contributed by atoms with E-state index in [-0.39, 0.29) is 76.5 Å². The Balaban J connectivity index is 0.00000228. The average molecular weight is 625 g/mol. The smallest absolute Gasteiger partial charge is 0.352 e. The summed E-state index contributed by atoms with van der Waals surface area (Å²) in [5.74, 6) is -2.08. The number of nitrogens with zero attached hydrogens (tertiary/aromatic N) is 3. The maximum atomic E-state index is 12.8. The van der Waals surface area contributed by atoms with Gasteiger partial charge >= 0.3 is 5.97 Å². The molecule has 0 aromatic carbocycles. The summed E-state index contributed by atoms with van der Waals surface area (Å²) in [5, 5.41) is 16.8. The quantitative estimate of drug-likeness (QED) is 0.167. The van der Waals surface area contributed by atoms with E-state index in [2.05, 4.69) is 15.5 Å². The number of nitrogen functional groups attached to an aromatic ring is 1. The standard InChI is InChI=1S/C19H17N5O7S3.ClH.Zn/c1-30-23-11(9-7-34-19(20)21-9)14(25)22-12-15(26)24-13(17(27)28)8(5-32-16(12)24)6-33-18(29)10-3-2-4-31-10;;/h2-4,7,12,16H,5-6H2,1H3,(H2,20,21)(H,22,25)(H,27,28);1H;/t12-,16-;;/m1../s1. The number of carbonyl (C=O) groups excluding carboxylic acids is 3. The minimum absolute atomic E-state index is 0. The maximum absolute atomic E-state index is 12.8. The van der Waals surface area contributed by atoms with Crippen molar-refractivity contribution in [2.45, 2.75) is 11.4 Å². The van der Waals surface area contributed by atoms with E-state index in [1.807, 2.05) is 0 Å². The summed E-state index contributed by atoms with van der Waals surface area (Å²) in [5.41, 5.74) is 5.89. The fourth-order valence-corrected chi connectivity index (χ4v) is 6.14. The molecule has 4 N–H and O–H groups in total. The Hall–Kier alpha value is -2.39. The Morgan fingerprint density at radius 1 is 1.44 bits per heavy atom. The van der Waals surface area contributed by atoms with Gasteiger partial charge in [0.15, 0.2) is 16.6 Å². The number of amides is 2. The number of nitrogens with two attached hydrogens (primary N) is 1. The van der Waals surface area contributed by atoms with Crippen molar-refractivity contribution in [2.75, 3.05) is 24.3 Å². The molecule has 188 valence electrons. The minimum atomic E-state index is -1.29. The number of aromatic nitrogens is 1. The molecule has 0 unspecified atom stereocenters. The van der Waals surface area contributed by atoms with Crippen molar-refractivity contribution in [3.05, 3.63) is 46.5 Å². The minimum Gasteiger partial charge on any atom is -0.477 e. The molecule has 2 atom stereocenters. The van der Waals surface area contributed by atoms with Crippen molar-refractivity contribution >= 4 is 81.0 Å². The molecule has 12 nitrogen and oxygen atoms in total. The van der Waals surface area contributed by atoms with Gasteiger partial charge < -0.3 is 25.4 Å². The SMILES string of the molecule is CON=C(C(=O)N[C@@H]1C(=O)N2C(C(=O)O)=C(CSC(=O)c3ccco3)CS[C@H]12)c1csc(N)n1.Cl.[Zn]. The van der Waals surface area contributed by atoms with E-state index in [0.29, 0.717) is 5.57 Å². The molecule has 4 heterocycles. The number of nitrogens with one attached hydrogen (secondary N) is 1. The molecular weight excluding hydrogens is 607 g/mol.